The van der Waals surface area contributed by atoms with Crippen molar-refractivity contribution in [1.82, 2.24) is 14.9 Å². The lowest BCUT2D eigenvalue weighted by Gasteiger charge is -2.12. The molecule has 27 heavy (non-hydrogen) atoms. The summed E-state index contributed by atoms with van der Waals surface area (Å²) in [5.74, 6) is 2.12. The van der Waals surface area contributed by atoms with E-state index in [4.69, 9.17) is 38.0 Å². The number of halogens is 1. The van der Waals surface area contributed by atoms with Crippen LogP contribution >= 0.6 is 23.8 Å². The molecule has 0 aliphatic carbocycles. The summed E-state index contributed by atoms with van der Waals surface area (Å²) in [4.78, 5) is 0. The number of H-pyrrole nitrogens is 1. The van der Waals surface area contributed by atoms with Crippen LogP contribution in [0.5, 0.6) is 17.2 Å². The van der Waals surface area contributed by atoms with Crippen LogP contribution in [0, 0.1) is 4.77 Å². The maximum absolute atomic E-state index is 6.07. The molecule has 3 aromatic rings. The van der Waals surface area contributed by atoms with Crippen molar-refractivity contribution in [3.8, 4) is 28.6 Å². The van der Waals surface area contributed by atoms with Crippen LogP contribution in [0.25, 0.3) is 11.4 Å². The van der Waals surface area contributed by atoms with E-state index in [-0.39, 0.29) is 0 Å². The molecule has 9 heteroatoms. The lowest BCUT2D eigenvalue weighted by molar-refractivity contribution is 0.324. The Balaban J connectivity index is 2.03. The zero-order valence-corrected chi connectivity index (χ0v) is 16.5. The highest BCUT2D eigenvalue weighted by molar-refractivity contribution is 7.71. The van der Waals surface area contributed by atoms with Crippen LogP contribution in [-0.4, -0.2) is 42.4 Å². The van der Waals surface area contributed by atoms with Crippen molar-refractivity contribution in [2.75, 3.05) is 21.3 Å². The van der Waals surface area contributed by atoms with Gasteiger partial charge in [0.25, 0.3) is 0 Å². The molecule has 0 radical (unpaired) electrons. The number of nitrogens with zero attached hydrogens (tertiary/aromatic N) is 3. The van der Waals surface area contributed by atoms with Gasteiger partial charge in [-0.05, 0) is 36.5 Å². The van der Waals surface area contributed by atoms with E-state index in [1.54, 1.807) is 51.8 Å². The number of nitrogens with one attached hydrogen (secondary N) is 1. The van der Waals surface area contributed by atoms with Crippen LogP contribution in [-0.2, 0) is 0 Å². The van der Waals surface area contributed by atoms with Gasteiger partial charge in [0.2, 0.25) is 10.5 Å². The third kappa shape index (κ3) is 3.96. The molecule has 0 unspecified atom stereocenters. The van der Waals surface area contributed by atoms with E-state index in [2.05, 4.69) is 15.3 Å². The van der Waals surface area contributed by atoms with E-state index >= 15 is 0 Å². The number of benzene rings is 2. The molecule has 7 nitrogen and oxygen atoms in total. The average Bonchev–Trinajstić information content (AvgIpc) is 3.05. The first kappa shape index (κ1) is 18.9. The zero-order valence-electron chi connectivity index (χ0n) is 14.9. The van der Waals surface area contributed by atoms with Gasteiger partial charge in [0, 0.05) is 16.1 Å². The van der Waals surface area contributed by atoms with Gasteiger partial charge in [-0.25, -0.2) is 5.10 Å². The minimum absolute atomic E-state index is 0.355. The largest absolute Gasteiger partial charge is 0.493 e. The van der Waals surface area contributed by atoms with Crippen molar-refractivity contribution in [2.45, 2.75) is 0 Å². The molecule has 2 aromatic carbocycles. The molecule has 140 valence electrons. The van der Waals surface area contributed by atoms with Gasteiger partial charge in [-0.2, -0.15) is 14.9 Å². The fourth-order valence-electron chi connectivity index (χ4n) is 2.51. The summed E-state index contributed by atoms with van der Waals surface area (Å²) in [6, 6.07) is 10.9. The summed E-state index contributed by atoms with van der Waals surface area (Å²) in [6.07, 6.45) is 1.63. The molecule has 0 fully saturated rings. The topological polar surface area (TPSA) is 73.7 Å². The van der Waals surface area contributed by atoms with Gasteiger partial charge >= 0.3 is 0 Å². The molecule has 3 rings (SSSR count). The number of methoxy groups -OCH3 is 3. The Morgan fingerprint density at radius 2 is 1.81 bits per heavy atom. The summed E-state index contributed by atoms with van der Waals surface area (Å²) in [5.41, 5.74) is 1.53. The first-order valence-electron chi connectivity index (χ1n) is 7.85. The second-order valence-electron chi connectivity index (χ2n) is 5.38. The van der Waals surface area contributed by atoms with Crippen LogP contribution < -0.4 is 14.2 Å². The van der Waals surface area contributed by atoms with E-state index in [9.17, 15) is 0 Å². The van der Waals surface area contributed by atoms with Crippen LogP contribution in [0.2, 0.25) is 5.02 Å². The van der Waals surface area contributed by atoms with Gasteiger partial charge in [-0.1, -0.05) is 23.7 Å². The number of aromatic nitrogens is 3. The maximum atomic E-state index is 6.07. The van der Waals surface area contributed by atoms with E-state index in [1.807, 2.05) is 12.1 Å². The summed E-state index contributed by atoms with van der Waals surface area (Å²) in [7, 11) is 4.67. The first-order chi connectivity index (χ1) is 13.1. The van der Waals surface area contributed by atoms with E-state index in [0.717, 1.165) is 11.1 Å². The fourth-order valence-corrected chi connectivity index (χ4v) is 2.88. The number of aromatic amines is 1. The second-order valence-corrected chi connectivity index (χ2v) is 6.20. The van der Waals surface area contributed by atoms with E-state index in [1.165, 1.54) is 4.68 Å². The predicted octanol–water partition coefficient (Wildman–Crippen LogP) is 4.17. The molecule has 0 amide bonds. The van der Waals surface area contributed by atoms with E-state index < -0.39 is 0 Å². The summed E-state index contributed by atoms with van der Waals surface area (Å²) in [6.45, 7) is 0. The Morgan fingerprint density at radius 3 is 2.41 bits per heavy atom. The number of hydrogen-bond acceptors (Lipinski definition) is 6. The maximum Gasteiger partial charge on any atom is 0.216 e. The van der Waals surface area contributed by atoms with Crippen LogP contribution in [0.4, 0.5) is 0 Å². The van der Waals surface area contributed by atoms with Crippen LogP contribution in [0.1, 0.15) is 5.56 Å². The summed E-state index contributed by atoms with van der Waals surface area (Å²) < 4.78 is 17.9. The molecule has 0 saturated heterocycles. The monoisotopic (exact) mass is 404 g/mol. The number of rotatable bonds is 6. The minimum atomic E-state index is 0.355. The Bertz CT molecular complexity index is 1020. The second kappa shape index (κ2) is 8.24. The normalized spacial score (nSPS) is 11.0. The van der Waals surface area contributed by atoms with Crippen molar-refractivity contribution in [3.05, 3.63) is 51.8 Å². The van der Waals surface area contributed by atoms with Crippen molar-refractivity contribution in [3.63, 3.8) is 0 Å². The molecule has 1 aromatic heterocycles. The Morgan fingerprint density at radius 1 is 1.11 bits per heavy atom. The van der Waals surface area contributed by atoms with Crippen molar-refractivity contribution in [2.24, 2.45) is 5.10 Å². The fraction of sp³-hybridized carbons (Fsp3) is 0.167. The van der Waals surface area contributed by atoms with Gasteiger partial charge in [0.15, 0.2) is 17.3 Å². The average molecular weight is 405 g/mol. The van der Waals surface area contributed by atoms with Gasteiger partial charge in [0.1, 0.15) is 0 Å². The molecule has 1 heterocycles. The molecule has 1 N–H and O–H groups in total. The number of hydrogen-bond donors (Lipinski definition) is 1. The lowest BCUT2D eigenvalue weighted by Crippen LogP contribution is -1.98. The zero-order chi connectivity index (χ0) is 19.4. The van der Waals surface area contributed by atoms with E-state index in [0.29, 0.717) is 32.9 Å². The van der Waals surface area contributed by atoms with Crippen molar-refractivity contribution >= 4 is 30.0 Å². The third-order valence-corrected chi connectivity index (χ3v) is 4.24. The molecule has 0 saturated carbocycles. The molecular weight excluding hydrogens is 388 g/mol. The smallest absolute Gasteiger partial charge is 0.216 e. The number of ether oxygens (including phenoxy) is 3. The predicted molar refractivity (Wildman–Crippen MR) is 107 cm³/mol. The summed E-state index contributed by atoms with van der Waals surface area (Å²) in [5, 5.41) is 12.0. The SMILES string of the molecule is COc1cc(/C=N/n2c(-c3cccc(Cl)c3)n[nH]c2=S)cc(OC)c1OC. The van der Waals surface area contributed by atoms with Gasteiger partial charge < -0.3 is 14.2 Å². The third-order valence-electron chi connectivity index (χ3n) is 3.74. The van der Waals surface area contributed by atoms with Crippen LogP contribution in [0.15, 0.2) is 41.5 Å². The first-order valence-corrected chi connectivity index (χ1v) is 8.63. The summed E-state index contributed by atoms with van der Waals surface area (Å²) >= 11 is 11.4. The Hall–Kier alpha value is -2.84. The Kier molecular flexibility index (Phi) is 5.78. The quantitative estimate of drug-likeness (QED) is 0.493. The highest BCUT2D eigenvalue weighted by Crippen LogP contribution is 2.37. The molecule has 0 bridgehead atoms. The van der Waals surface area contributed by atoms with Crippen molar-refractivity contribution in [1.29, 1.82) is 0 Å². The van der Waals surface area contributed by atoms with Crippen LogP contribution in [0.3, 0.4) is 0 Å². The van der Waals surface area contributed by atoms with Gasteiger partial charge in [-0.3, -0.25) is 0 Å². The molecule has 0 spiro atoms. The highest BCUT2D eigenvalue weighted by Gasteiger charge is 2.13. The lowest BCUT2D eigenvalue weighted by atomic mass is 10.2. The van der Waals surface area contributed by atoms with Crippen molar-refractivity contribution < 1.29 is 14.2 Å². The molecule has 0 aliphatic heterocycles. The standard InChI is InChI=1S/C18H17ClN4O3S/c1-24-14-7-11(8-15(25-2)16(14)26-3)10-20-23-17(21-22-18(23)27)12-5-4-6-13(19)9-12/h4-10H,1-3H3,(H,22,27)/b20-10+. The minimum Gasteiger partial charge on any atom is -0.493 e. The highest BCUT2D eigenvalue weighted by atomic mass is 35.5. The van der Waals surface area contributed by atoms with Gasteiger partial charge in [0.05, 0.1) is 27.5 Å². The van der Waals surface area contributed by atoms with Gasteiger partial charge in [-0.15, -0.1) is 0 Å². The molecule has 0 aliphatic rings. The molecular formula is C18H17ClN4O3S. The Labute approximate surface area is 166 Å². The molecule has 0 atom stereocenters.